The Morgan fingerprint density at radius 3 is 2.43 bits per heavy atom. The Morgan fingerprint density at radius 2 is 1.76 bits per heavy atom. The molecule has 1 saturated carbocycles. The molecule has 0 radical (unpaired) electrons. The van der Waals surface area contributed by atoms with E-state index in [0.29, 0.717) is 12.2 Å². The van der Waals surface area contributed by atoms with Gasteiger partial charge in [0.1, 0.15) is 5.75 Å². The number of hydrogen-bond donors (Lipinski definition) is 1. The number of aliphatic hydroxyl groups is 1. The van der Waals surface area contributed by atoms with Crippen LogP contribution >= 0.6 is 0 Å². The van der Waals surface area contributed by atoms with Gasteiger partial charge < -0.3 is 24.2 Å². The van der Waals surface area contributed by atoms with Gasteiger partial charge in [-0.1, -0.05) is 37.5 Å². The molecule has 1 aliphatic carbocycles. The summed E-state index contributed by atoms with van der Waals surface area (Å²) >= 11 is 0. The van der Waals surface area contributed by atoms with Crippen molar-refractivity contribution in [3.8, 4) is 5.75 Å². The van der Waals surface area contributed by atoms with E-state index in [1.54, 1.807) is 28.6 Å². The molecule has 2 heterocycles. The van der Waals surface area contributed by atoms with Gasteiger partial charge in [0.15, 0.2) is 5.76 Å². The first-order chi connectivity index (χ1) is 22.1. The lowest BCUT2D eigenvalue weighted by Gasteiger charge is -2.35. The summed E-state index contributed by atoms with van der Waals surface area (Å²) in [6.45, 7) is 0.937. The van der Waals surface area contributed by atoms with Crippen LogP contribution in [0.1, 0.15) is 61.7 Å². The van der Waals surface area contributed by atoms with E-state index in [1.807, 2.05) is 36.5 Å². The number of ether oxygens (including phenoxy) is 3. The number of fused-ring (bicyclic) bond motifs is 1. The maximum absolute atomic E-state index is 13.8. The largest absolute Gasteiger partial charge is 0.497 e. The monoisotopic (exact) mass is 653 g/mol. The first-order valence-electron chi connectivity index (χ1n) is 15.8. The van der Waals surface area contributed by atoms with Crippen molar-refractivity contribution >= 4 is 32.7 Å². The van der Waals surface area contributed by atoms with E-state index in [9.17, 15) is 23.1 Å². The number of allylic oxidation sites excluding steroid dienone is 1. The molecule has 2 aliphatic rings. The molecule has 2 aromatic carbocycles. The van der Waals surface area contributed by atoms with E-state index in [-0.39, 0.29) is 60.7 Å². The standard InChI is InChI=1S/C34H43N3O8S/c1-24(39)37-23-30(29-11-7-8-12-31(29)37)25-21-32(34(40)35(2)26-9-5-4-6-10-26)45-33(22-25)44-20-18-36(17-19-38)46(41,42)28-15-13-27(43-3)14-16-28/h7-8,11-16,21,23,25-26,33,38H,4-6,9-10,17-20,22H2,1-3H3/t25-,33+/m1/s1. The lowest BCUT2D eigenvalue weighted by Crippen LogP contribution is -2.41. The van der Waals surface area contributed by atoms with E-state index in [4.69, 9.17) is 14.2 Å². The molecule has 0 unspecified atom stereocenters. The van der Waals surface area contributed by atoms with Gasteiger partial charge in [-0.2, -0.15) is 4.31 Å². The van der Waals surface area contributed by atoms with Crippen molar-refractivity contribution in [1.82, 2.24) is 13.8 Å². The van der Waals surface area contributed by atoms with E-state index in [0.717, 1.165) is 52.9 Å². The van der Waals surface area contributed by atoms with Crippen LogP contribution in [0.2, 0.25) is 0 Å². The smallest absolute Gasteiger partial charge is 0.288 e. The highest BCUT2D eigenvalue weighted by atomic mass is 32.2. The van der Waals surface area contributed by atoms with Crippen LogP contribution in [0.15, 0.2) is 71.5 Å². The van der Waals surface area contributed by atoms with Crippen molar-refractivity contribution in [2.24, 2.45) is 0 Å². The van der Waals surface area contributed by atoms with Crippen LogP contribution in [0.5, 0.6) is 5.75 Å². The molecule has 1 amide bonds. The normalized spacial score (nSPS) is 19.1. The van der Waals surface area contributed by atoms with Crippen molar-refractivity contribution in [2.75, 3.05) is 40.5 Å². The Hall–Kier alpha value is -3.71. The molecular formula is C34H43N3O8S. The van der Waals surface area contributed by atoms with Gasteiger partial charge in [0.2, 0.25) is 22.2 Å². The molecule has 0 bridgehead atoms. The number of rotatable bonds is 12. The Morgan fingerprint density at radius 1 is 1.04 bits per heavy atom. The van der Waals surface area contributed by atoms with Crippen LogP contribution in [0.4, 0.5) is 0 Å². The third kappa shape index (κ3) is 7.30. The minimum atomic E-state index is -3.93. The summed E-state index contributed by atoms with van der Waals surface area (Å²) in [7, 11) is -0.626. The Balaban J connectivity index is 1.38. The number of para-hydroxylation sites is 1. The summed E-state index contributed by atoms with van der Waals surface area (Å²) in [4.78, 5) is 28.1. The number of likely N-dealkylation sites (N-methyl/N-ethyl adjacent to an activating group) is 1. The van der Waals surface area contributed by atoms with Gasteiger partial charge in [-0.05, 0) is 54.8 Å². The molecule has 1 N–H and O–H groups in total. The summed E-state index contributed by atoms with van der Waals surface area (Å²) in [5.74, 6) is 0.0386. The van der Waals surface area contributed by atoms with Crippen LogP contribution in [0.3, 0.4) is 0 Å². The second kappa shape index (κ2) is 14.8. The lowest BCUT2D eigenvalue weighted by molar-refractivity contribution is -0.153. The molecular weight excluding hydrogens is 610 g/mol. The number of carbonyl (C=O) groups is 2. The number of carbonyl (C=O) groups excluding carboxylic acids is 2. The molecule has 46 heavy (non-hydrogen) atoms. The highest BCUT2D eigenvalue weighted by Gasteiger charge is 2.34. The van der Waals surface area contributed by atoms with Crippen molar-refractivity contribution < 1.29 is 37.3 Å². The molecule has 1 fully saturated rings. The van der Waals surface area contributed by atoms with Gasteiger partial charge >= 0.3 is 0 Å². The fourth-order valence-corrected chi connectivity index (χ4v) is 7.76. The molecule has 248 valence electrons. The molecule has 0 saturated heterocycles. The van der Waals surface area contributed by atoms with Gasteiger partial charge in [-0.15, -0.1) is 0 Å². The third-order valence-corrected chi connectivity index (χ3v) is 10.8. The van der Waals surface area contributed by atoms with Crippen LogP contribution < -0.4 is 4.74 Å². The number of aromatic nitrogens is 1. The number of benzene rings is 2. The number of hydrogen-bond acceptors (Lipinski definition) is 8. The minimum absolute atomic E-state index is 0.0398. The SMILES string of the molecule is COc1ccc(S(=O)(=O)N(CCO)CCO[C@@H]2C[C@H](c3cn(C(C)=O)c4ccccc34)C=C(C(=O)N(C)C3CCCCC3)O2)cc1. The summed E-state index contributed by atoms with van der Waals surface area (Å²) in [6.07, 6.45) is 8.32. The topological polar surface area (TPSA) is 128 Å². The van der Waals surface area contributed by atoms with E-state index >= 15 is 0 Å². The molecule has 2 atom stereocenters. The summed E-state index contributed by atoms with van der Waals surface area (Å²) in [6, 6.07) is 13.8. The molecule has 1 aromatic heterocycles. The fraction of sp³-hybridized carbons (Fsp3) is 0.471. The van der Waals surface area contributed by atoms with E-state index < -0.39 is 16.3 Å². The van der Waals surface area contributed by atoms with Crippen LogP contribution in [0, 0.1) is 0 Å². The molecule has 1 aliphatic heterocycles. The molecule has 3 aromatic rings. The Labute approximate surface area is 270 Å². The van der Waals surface area contributed by atoms with Crippen LogP contribution in [-0.2, 0) is 24.3 Å². The summed E-state index contributed by atoms with van der Waals surface area (Å²) in [5.41, 5.74) is 1.65. The fourth-order valence-electron chi connectivity index (χ4n) is 6.34. The van der Waals surface area contributed by atoms with Crippen molar-refractivity contribution in [1.29, 1.82) is 0 Å². The van der Waals surface area contributed by atoms with Crippen molar-refractivity contribution in [2.45, 2.75) is 68.6 Å². The minimum Gasteiger partial charge on any atom is -0.497 e. The molecule has 11 nitrogen and oxygen atoms in total. The summed E-state index contributed by atoms with van der Waals surface area (Å²) < 4.78 is 47.0. The van der Waals surface area contributed by atoms with Crippen molar-refractivity contribution in [3.63, 3.8) is 0 Å². The number of nitrogens with zero attached hydrogens (tertiary/aromatic N) is 3. The maximum atomic E-state index is 13.8. The first-order valence-corrected chi connectivity index (χ1v) is 17.2. The molecule has 12 heteroatoms. The number of methoxy groups -OCH3 is 1. The maximum Gasteiger partial charge on any atom is 0.288 e. The zero-order valence-electron chi connectivity index (χ0n) is 26.6. The highest BCUT2D eigenvalue weighted by Crippen LogP contribution is 2.37. The van der Waals surface area contributed by atoms with Crippen molar-refractivity contribution in [3.05, 3.63) is 72.1 Å². The molecule has 0 spiro atoms. The second-order valence-corrected chi connectivity index (χ2v) is 13.7. The van der Waals surface area contributed by atoms with Gasteiger partial charge in [-0.25, -0.2) is 8.42 Å². The lowest BCUT2D eigenvalue weighted by atomic mass is 9.91. The Kier molecular flexibility index (Phi) is 10.8. The molecule has 5 rings (SSSR count). The first kappa shape index (κ1) is 33.6. The number of aliphatic hydroxyl groups excluding tert-OH is 1. The quantitative estimate of drug-likeness (QED) is 0.303. The zero-order valence-corrected chi connectivity index (χ0v) is 27.4. The average Bonchev–Trinajstić information content (AvgIpc) is 3.48. The predicted octanol–water partition coefficient (Wildman–Crippen LogP) is 4.51. The Bertz CT molecular complexity index is 1660. The summed E-state index contributed by atoms with van der Waals surface area (Å²) in [5, 5.41) is 10.5. The van der Waals surface area contributed by atoms with Gasteiger partial charge in [0.25, 0.3) is 5.91 Å². The van der Waals surface area contributed by atoms with Gasteiger partial charge in [-0.3, -0.25) is 14.2 Å². The van der Waals surface area contributed by atoms with Crippen LogP contribution in [0.25, 0.3) is 10.9 Å². The van der Waals surface area contributed by atoms with E-state index in [2.05, 4.69) is 0 Å². The zero-order chi connectivity index (χ0) is 32.8. The van der Waals surface area contributed by atoms with Gasteiger partial charge in [0.05, 0.1) is 30.7 Å². The number of amides is 1. The third-order valence-electron chi connectivity index (χ3n) is 8.88. The predicted molar refractivity (Wildman–Crippen MR) is 173 cm³/mol. The van der Waals surface area contributed by atoms with Crippen LogP contribution in [-0.4, -0.2) is 91.9 Å². The van der Waals surface area contributed by atoms with E-state index in [1.165, 1.54) is 26.2 Å². The average molecular weight is 654 g/mol. The number of sulfonamides is 1. The highest BCUT2D eigenvalue weighted by molar-refractivity contribution is 7.89. The van der Waals surface area contributed by atoms with Gasteiger partial charge in [0, 0.05) is 57.0 Å². The second-order valence-electron chi connectivity index (χ2n) is 11.8.